The van der Waals surface area contributed by atoms with E-state index >= 15 is 0 Å². The summed E-state index contributed by atoms with van der Waals surface area (Å²) in [4.78, 5) is 32.6. The molecule has 0 N–H and O–H groups in total. The van der Waals surface area contributed by atoms with Gasteiger partial charge in [-0.1, -0.05) is 17.3 Å². The van der Waals surface area contributed by atoms with Crippen LogP contribution in [-0.2, 0) is 27.9 Å². The van der Waals surface area contributed by atoms with E-state index in [0.29, 0.717) is 26.1 Å². The van der Waals surface area contributed by atoms with Gasteiger partial charge in [-0.05, 0) is 35.7 Å². The number of ether oxygens (including phenoxy) is 1. The summed E-state index contributed by atoms with van der Waals surface area (Å²) in [7, 11) is 0. The number of rotatable bonds is 4. The van der Waals surface area contributed by atoms with Crippen molar-refractivity contribution in [2.24, 2.45) is 11.8 Å². The molecule has 0 spiro atoms. The largest absolute Gasteiger partial charge is 0.442 e. The highest BCUT2D eigenvalue weighted by Crippen LogP contribution is 2.62. The van der Waals surface area contributed by atoms with Gasteiger partial charge in [0, 0.05) is 49.8 Å². The molecule has 3 fully saturated rings. The van der Waals surface area contributed by atoms with Crippen LogP contribution in [0.25, 0.3) is 11.1 Å². The quantitative estimate of drug-likeness (QED) is 0.560. The number of cyclic esters (lactones) is 1. The van der Waals surface area contributed by atoms with Crippen LogP contribution in [0, 0.1) is 23.2 Å². The van der Waals surface area contributed by atoms with Gasteiger partial charge in [0.05, 0.1) is 36.2 Å². The summed E-state index contributed by atoms with van der Waals surface area (Å²) < 4.78 is 7.31. The Morgan fingerprint density at radius 2 is 2.03 bits per heavy atom. The van der Waals surface area contributed by atoms with Crippen molar-refractivity contribution in [2.45, 2.75) is 37.5 Å². The molecule has 5 heterocycles. The molecule has 10 heteroatoms. The van der Waals surface area contributed by atoms with Crippen LogP contribution >= 0.6 is 0 Å². The van der Waals surface area contributed by atoms with E-state index in [0.717, 1.165) is 28.1 Å². The summed E-state index contributed by atoms with van der Waals surface area (Å²) >= 11 is 0. The summed E-state index contributed by atoms with van der Waals surface area (Å²) in [6.45, 7) is 3.29. The number of fused-ring (bicyclic) bond motifs is 4. The van der Waals surface area contributed by atoms with E-state index in [1.807, 2.05) is 35.4 Å². The van der Waals surface area contributed by atoms with Crippen LogP contribution < -0.4 is 4.90 Å². The number of nitriles is 1. The Balaban J connectivity index is 1.11. The zero-order valence-corrected chi connectivity index (χ0v) is 19.6. The first-order valence-electron chi connectivity index (χ1n) is 12.1. The molecule has 3 aromatic rings. The fourth-order valence-corrected chi connectivity index (χ4v) is 6.43. The Kier molecular flexibility index (Phi) is 4.31. The van der Waals surface area contributed by atoms with Crippen LogP contribution in [0.1, 0.15) is 18.2 Å². The Morgan fingerprint density at radius 3 is 2.69 bits per heavy atom. The van der Waals surface area contributed by atoms with E-state index < -0.39 is 5.41 Å². The second-order valence-electron chi connectivity index (χ2n) is 10.1. The van der Waals surface area contributed by atoms with Crippen molar-refractivity contribution >= 4 is 17.7 Å². The fourth-order valence-electron chi connectivity index (χ4n) is 6.43. The molecule has 0 radical (unpaired) electrons. The molecule has 5 atom stereocenters. The van der Waals surface area contributed by atoms with E-state index in [-0.39, 0.29) is 36.0 Å². The highest BCUT2D eigenvalue weighted by molar-refractivity contribution is 5.94. The van der Waals surface area contributed by atoms with Crippen molar-refractivity contribution in [1.82, 2.24) is 24.9 Å². The van der Waals surface area contributed by atoms with Crippen LogP contribution in [0.4, 0.5) is 10.5 Å². The maximum Gasteiger partial charge on any atom is 0.415 e. The Hall–Kier alpha value is -4.26. The van der Waals surface area contributed by atoms with Crippen LogP contribution in [-0.4, -0.2) is 62.1 Å². The zero-order valence-electron chi connectivity index (χ0n) is 19.6. The summed E-state index contributed by atoms with van der Waals surface area (Å²) in [6.07, 6.45) is 5.27. The topological polar surface area (TPSA) is 117 Å². The van der Waals surface area contributed by atoms with E-state index in [2.05, 4.69) is 22.4 Å². The highest BCUT2D eigenvalue weighted by Gasteiger charge is 2.71. The predicted molar refractivity (Wildman–Crippen MR) is 126 cm³/mol. The lowest BCUT2D eigenvalue weighted by atomic mass is 9.95. The van der Waals surface area contributed by atoms with Crippen molar-refractivity contribution in [3.05, 3.63) is 60.2 Å². The maximum atomic E-state index is 12.6. The Labute approximate surface area is 207 Å². The smallest absolute Gasteiger partial charge is 0.415 e. The molecule has 2 aromatic heterocycles. The first-order valence-corrected chi connectivity index (χ1v) is 12.1. The molecule has 1 aromatic carbocycles. The van der Waals surface area contributed by atoms with Crippen LogP contribution in [0.2, 0.25) is 0 Å². The fraction of sp³-hybridized carbons (Fsp3) is 0.385. The number of carbonyl (C=O) groups excluding carboxylic acids is 2. The number of hydrogen-bond acceptors (Lipinski definition) is 7. The molecule has 4 aliphatic rings. The molecule has 10 nitrogen and oxygen atoms in total. The molecule has 7 rings (SSSR count). The highest BCUT2D eigenvalue weighted by atomic mass is 16.6. The first-order chi connectivity index (χ1) is 17.5. The Morgan fingerprint density at radius 1 is 1.22 bits per heavy atom. The molecule has 180 valence electrons. The number of likely N-dealkylation sites (tertiary alicyclic amines) is 1. The first kappa shape index (κ1) is 21.1. The normalized spacial score (nSPS) is 29.4. The number of carbonyl (C=O) groups is 2. The van der Waals surface area contributed by atoms with E-state index in [4.69, 9.17) is 9.72 Å². The SMILES string of the molecule is CC(=O)N1C[C@@H]2[C@H](C1)C2(C#N)c1ccc(-c2ccc3c(c2)C[C@H]2[C@H](Cn4ccnn4)OC(=O)N32)cn1. The van der Waals surface area contributed by atoms with E-state index in [1.165, 1.54) is 0 Å². The molecular formula is C26H23N7O3. The van der Waals surface area contributed by atoms with Gasteiger partial charge < -0.3 is 9.64 Å². The van der Waals surface area contributed by atoms with Gasteiger partial charge in [0.2, 0.25) is 5.91 Å². The van der Waals surface area contributed by atoms with Crippen molar-refractivity contribution in [1.29, 1.82) is 5.26 Å². The number of piperidine rings is 1. The molecular weight excluding hydrogens is 458 g/mol. The lowest BCUT2D eigenvalue weighted by Crippen LogP contribution is -2.35. The minimum atomic E-state index is -0.591. The van der Waals surface area contributed by atoms with Crippen molar-refractivity contribution in [3.8, 4) is 17.2 Å². The van der Waals surface area contributed by atoms with Gasteiger partial charge in [0.15, 0.2) is 0 Å². The van der Waals surface area contributed by atoms with Crippen LogP contribution in [0.5, 0.6) is 0 Å². The third-order valence-corrected chi connectivity index (χ3v) is 8.35. The van der Waals surface area contributed by atoms with Crippen LogP contribution in [0.3, 0.4) is 0 Å². The molecule has 1 aliphatic carbocycles. The van der Waals surface area contributed by atoms with E-state index in [9.17, 15) is 14.9 Å². The molecule has 3 aliphatic heterocycles. The molecule has 0 bridgehead atoms. The molecule has 2 saturated heterocycles. The molecule has 2 amide bonds. The number of nitrogens with zero attached hydrogens (tertiary/aromatic N) is 7. The number of pyridine rings is 1. The summed E-state index contributed by atoms with van der Waals surface area (Å²) in [6, 6.07) is 12.5. The summed E-state index contributed by atoms with van der Waals surface area (Å²) in [5.74, 6) is 0.374. The van der Waals surface area contributed by atoms with Crippen LogP contribution in [0.15, 0.2) is 48.9 Å². The van der Waals surface area contributed by atoms with Crippen molar-refractivity contribution < 1.29 is 14.3 Å². The van der Waals surface area contributed by atoms with Gasteiger partial charge in [0.1, 0.15) is 11.5 Å². The molecule has 1 unspecified atom stereocenters. The van der Waals surface area contributed by atoms with Gasteiger partial charge in [0.25, 0.3) is 0 Å². The monoisotopic (exact) mass is 481 g/mol. The number of anilines is 1. The second kappa shape index (κ2) is 7.37. The lowest BCUT2D eigenvalue weighted by Gasteiger charge is -2.21. The van der Waals surface area contributed by atoms with Crippen molar-refractivity contribution in [2.75, 3.05) is 18.0 Å². The third kappa shape index (κ3) is 2.86. The summed E-state index contributed by atoms with van der Waals surface area (Å²) in [5, 5.41) is 17.8. The van der Waals surface area contributed by atoms with Gasteiger partial charge in [-0.2, -0.15) is 5.26 Å². The van der Waals surface area contributed by atoms with Gasteiger partial charge >= 0.3 is 6.09 Å². The van der Waals surface area contributed by atoms with Gasteiger partial charge in [-0.25, -0.2) is 9.48 Å². The molecule has 36 heavy (non-hydrogen) atoms. The maximum absolute atomic E-state index is 12.6. The minimum Gasteiger partial charge on any atom is -0.442 e. The number of amides is 2. The number of benzene rings is 1. The number of hydrogen-bond donors (Lipinski definition) is 0. The predicted octanol–water partition coefficient (Wildman–Crippen LogP) is 2.16. The second-order valence-corrected chi connectivity index (χ2v) is 10.1. The summed E-state index contributed by atoms with van der Waals surface area (Å²) in [5.41, 5.74) is 4.14. The Bertz CT molecular complexity index is 1420. The average Bonchev–Trinajstić information content (AvgIpc) is 3.48. The number of aromatic nitrogens is 4. The third-order valence-electron chi connectivity index (χ3n) is 8.35. The van der Waals surface area contributed by atoms with E-state index in [1.54, 1.807) is 28.9 Å². The average molecular weight is 482 g/mol. The standard InChI is InChI=1S/C26H23N7O3/c1-15(34)31-11-19-20(12-31)26(19,14-27)24-5-3-17(10-28-24)16-2-4-21-18(8-16)9-22-23(36-25(35)33(21)22)13-32-7-6-29-30-32/h2-8,10,19-20,22-23H,9,11-13H2,1H3/t19-,20+,22-,23-,26?/m0/s1. The lowest BCUT2D eigenvalue weighted by molar-refractivity contribution is -0.128. The molecule has 1 saturated carbocycles. The van der Waals surface area contributed by atoms with Crippen molar-refractivity contribution in [3.63, 3.8) is 0 Å². The van der Waals surface area contributed by atoms with Gasteiger partial charge in [-0.3, -0.25) is 14.7 Å². The van der Waals surface area contributed by atoms with Gasteiger partial charge in [-0.15, -0.1) is 5.10 Å². The zero-order chi connectivity index (χ0) is 24.6. The minimum absolute atomic E-state index is 0.0624.